The Bertz CT molecular complexity index is 440. The molecule has 0 saturated carbocycles. The van der Waals surface area contributed by atoms with Crippen LogP contribution in [-0.2, 0) is 9.84 Å². The minimum atomic E-state index is -3.16. The summed E-state index contributed by atoms with van der Waals surface area (Å²) in [6.07, 6.45) is 0. The minimum Gasteiger partial charge on any atom is -0.306 e. The summed E-state index contributed by atoms with van der Waals surface area (Å²) in [7, 11) is 0.606. The van der Waals surface area contributed by atoms with E-state index in [0.29, 0.717) is 4.90 Å². The molecule has 0 aliphatic carbocycles. The number of nitrogens with zero attached hydrogens (tertiary/aromatic N) is 1. The highest BCUT2D eigenvalue weighted by molar-refractivity contribution is 7.91. The van der Waals surface area contributed by atoms with Crippen LogP contribution in [0.4, 0.5) is 0 Å². The van der Waals surface area contributed by atoms with Gasteiger partial charge in [-0.15, -0.1) is 12.4 Å². The van der Waals surface area contributed by atoms with Crippen molar-refractivity contribution in [3.8, 4) is 0 Å². The maximum absolute atomic E-state index is 12.0. The average Bonchev–Trinajstić information content (AvgIpc) is 2.17. The molecule has 0 aliphatic rings. The van der Waals surface area contributed by atoms with Crippen molar-refractivity contribution < 1.29 is 8.42 Å². The first-order chi connectivity index (χ1) is 7.33. The molecular formula is C12H20ClNO2S. The summed E-state index contributed by atoms with van der Waals surface area (Å²) < 4.78 is 24.1. The molecule has 0 unspecified atom stereocenters. The molecule has 1 aromatic carbocycles. The molecule has 0 spiro atoms. The van der Waals surface area contributed by atoms with Crippen LogP contribution in [0.2, 0.25) is 0 Å². The standard InChI is InChI=1S/C12H19NO2S.ClH/c1-10-5-7-12(8-6-10)16(14,15)9-11(2)13(3)4;/h5-8,11H,9H2,1-4H3;1H/t11-;/m0./s1. The fourth-order valence-electron chi connectivity index (χ4n) is 1.31. The highest BCUT2D eigenvalue weighted by atomic mass is 35.5. The van der Waals surface area contributed by atoms with Gasteiger partial charge in [0, 0.05) is 6.04 Å². The topological polar surface area (TPSA) is 37.4 Å². The molecule has 0 saturated heterocycles. The van der Waals surface area contributed by atoms with Crippen LogP contribution >= 0.6 is 12.4 Å². The average molecular weight is 278 g/mol. The lowest BCUT2D eigenvalue weighted by Crippen LogP contribution is -2.31. The number of halogens is 1. The molecule has 1 atom stereocenters. The van der Waals surface area contributed by atoms with Gasteiger partial charge in [0.2, 0.25) is 0 Å². The van der Waals surface area contributed by atoms with Crippen LogP contribution in [-0.4, -0.2) is 39.2 Å². The van der Waals surface area contributed by atoms with Crippen LogP contribution in [0.15, 0.2) is 29.2 Å². The van der Waals surface area contributed by atoms with Gasteiger partial charge in [0.25, 0.3) is 0 Å². The Labute approximate surface area is 110 Å². The lowest BCUT2D eigenvalue weighted by atomic mass is 10.2. The molecule has 0 aliphatic heterocycles. The molecule has 1 aromatic rings. The second-order valence-corrected chi connectivity index (χ2v) is 6.44. The van der Waals surface area contributed by atoms with Gasteiger partial charge in [0.05, 0.1) is 10.6 Å². The molecule has 0 fully saturated rings. The fourth-order valence-corrected chi connectivity index (χ4v) is 2.98. The predicted octanol–water partition coefficient (Wildman–Crippen LogP) is 2.14. The number of rotatable bonds is 4. The van der Waals surface area contributed by atoms with E-state index in [9.17, 15) is 8.42 Å². The summed E-state index contributed by atoms with van der Waals surface area (Å²) in [5, 5.41) is 0. The van der Waals surface area contributed by atoms with Gasteiger partial charge in [0.15, 0.2) is 9.84 Å². The number of aryl methyl sites for hydroxylation is 1. The summed E-state index contributed by atoms with van der Waals surface area (Å²) >= 11 is 0. The van der Waals surface area contributed by atoms with Crippen LogP contribution in [0.25, 0.3) is 0 Å². The Balaban J connectivity index is 0.00000256. The molecule has 0 N–H and O–H groups in total. The van der Waals surface area contributed by atoms with Crippen molar-refractivity contribution in [2.75, 3.05) is 19.8 Å². The van der Waals surface area contributed by atoms with Crippen LogP contribution in [0.1, 0.15) is 12.5 Å². The van der Waals surface area contributed by atoms with E-state index < -0.39 is 9.84 Å². The summed E-state index contributed by atoms with van der Waals surface area (Å²) in [6, 6.07) is 7.02. The molecule has 1 rings (SSSR count). The van der Waals surface area contributed by atoms with E-state index in [1.54, 1.807) is 12.1 Å². The zero-order valence-electron chi connectivity index (χ0n) is 10.7. The summed E-state index contributed by atoms with van der Waals surface area (Å²) in [6.45, 7) is 3.85. The van der Waals surface area contributed by atoms with E-state index in [4.69, 9.17) is 0 Å². The molecule has 98 valence electrons. The van der Waals surface area contributed by atoms with E-state index in [2.05, 4.69) is 0 Å². The maximum Gasteiger partial charge on any atom is 0.179 e. The van der Waals surface area contributed by atoms with Crippen molar-refractivity contribution in [1.82, 2.24) is 4.90 Å². The van der Waals surface area contributed by atoms with Gasteiger partial charge in [-0.25, -0.2) is 8.42 Å². The van der Waals surface area contributed by atoms with E-state index >= 15 is 0 Å². The van der Waals surface area contributed by atoms with Gasteiger partial charge in [-0.1, -0.05) is 17.7 Å². The molecule has 0 heterocycles. The minimum absolute atomic E-state index is 0. The number of hydrogen-bond acceptors (Lipinski definition) is 3. The number of sulfone groups is 1. The Morgan fingerprint density at radius 2 is 1.65 bits per heavy atom. The third-order valence-electron chi connectivity index (χ3n) is 2.72. The number of hydrogen-bond donors (Lipinski definition) is 0. The lowest BCUT2D eigenvalue weighted by molar-refractivity contribution is 0.336. The van der Waals surface area contributed by atoms with Crippen LogP contribution in [0, 0.1) is 6.92 Å². The molecule has 17 heavy (non-hydrogen) atoms. The zero-order valence-corrected chi connectivity index (χ0v) is 12.3. The first kappa shape index (κ1) is 16.4. The Hall–Kier alpha value is -0.580. The van der Waals surface area contributed by atoms with Gasteiger partial charge in [-0.3, -0.25) is 0 Å². The van der Waals surface area contributed by atoms with Crippen molar-refractivity contribution in [3.05, 3.63) is 29.8 Å². The van der Waals surface area contributed by atoms with Crippen LogP contribution in [0.5, 0.6) is 0 Å². The molecule has 0 amide bonds. The predicted molar refractivity (Wildman–Crippen MR) is 73.6 cm³/mol. The first-order valence-electron chi connectivity index (χ1n) is 5.29. The second-order valence-electron chi connectivity index (χ2n) is 4.41. The van der Waals surface area contributed by atoms with E-state index in [1.165, 1.54) is 0 Å². The number of benzene rings is 1. The van der Waals surface area contributed by atoms with Crippen molar-refractivity contribution in [3.63, 3.8) is 0 Å². The second kappa shape index (κ2) is 6.38. The molecule has 0 radical (unpaired) electrons. The van der Waals surface area contributed by atoms with Crippen LogP contribution in [0.3, 0.4) is 0 Å². The largest absolute Gasteiger partial charge is 0.306 e. The quantitative estimate of drug-likeness (QED) is 0.846. The molecular weight excluding hydrogens is 258 g/mol. The van der Waals surface area contributed by atoms with Crippen molar-refractivity contribution in [2.24, 2.45) is 0 Å². The Morgan fingerprint density at radius 3 is 2.06 bits per heavy atom. The smallest absolute Gasteiger partial charge is 0.179 e. The molecule has 0 bridgehead atoms. The monoisotopic (exact) mass is 277 g/mol. The van der Waals surface area contributed by atoms with Gasteiger partial charge < -0.3 is 4.90 Å². The van der Waals surface area contributed by atoms with Crippen molar-refractivity contribution in [1.29, 1.82) is 0 Å². The molecule has 0 aromatic heterocycles. The van der Waals surface area contributed by atoms with Gasteiger partial charge >= 0.3 is 0 Å². The SMILES string of the molecule is Cc1ccc(S(=O)(=O)C[C@H](C)N(C)C)cc1.Cl. The first-order valence-corrected chi connectivity index (χ1v) is 6.94. The Morgan fingerprint density at radius 1 is 1.18 bits per heavy atom. The van der Waals surface area contributed by atoms with Gasteiger partial charge in [-0.05, 0) is 40.1 Å². The van der Waals surface area contributed by atoms with E-state index in [0.717, 1.165) is 5.56 Å². The maximum atomic E-state index is 12.0. The Kier molecular flexibility index (Phi) is 6.16. The van der Waals surface area contributed by atoms with Crippen molar-refractivity contribution >= 4 is 22.2 Å². The summed E-state index contributed by atoms with van der Waals surface area (Å²) in [5.41, 5.74) is 1.07. The van der Waals surface area contributed by atoms with Gasteiger partial charge in [0.1, 0.15) is 0 Å². The highest BCUT2D eigenvalue weighted by Crippen LogP contribution is 2.14. The summed E-state index contributed by atoms with van der Waals surface area (Å²) in [5.74, 6) is 0.156. The molecule has 3 nitrogen and oxygen atoms in total. The van der Waals surface area contributed by atoms with E-state index in [-0.39, 0.29) is 24.2 Å². The van der Waals surface area contributed by atoms with Crippen LogP contribution < -0.4 is 0 Å². The zero-order chi connectivity index (χ0) is 12.3. The lowest BCUT2D eigenvalue weighted by Gasteiger charge is -2.19. The third-order valence-corrected chi connectivity index (χ3v) is 4.63. The highest BCUT2D eigenvalue weighted by Gasteiger charge is 2.19. The van der Waals surface area contributed by atoms with E-state index in [1.807, 2.05) is 45.0 Å². The molecule has 5 heteroatoms. The normalized spacial score (nSPS) is 13.2. The fraction of sp³-hybridized carbons (Fsp3) is 0.500. The summed E-state index contributed by atoms with van der Waals surface area (Å²) in [4.78, 5) is 2.32. The third kappa shape index (κ3) is 4.66. The van der Waals surface area contributed by atoms with Gasteiger partial charge in [-0.2, -0.15) is 0 Å². The van der Waals surface area contributed by atoms with Crippen molar-refractivity contribution in [2.45, 2.75) is 24.8 Å².